The first-order valence-electron chi connectivity index (χ1n) is 10.8. The van der Waals surface area contributed by atoms with E-state index in [4.69, 9.17) is 0 Å². The van der Waals surface area contributed by atoms with Crippen molar-refractivity contribution in [2.45, 2.75) is 82.6 Å². The minimum Gasteiger partial charge on any atom is -0.342 e. The summed E-state index contributed by atoms with van der Waals surface area (Å²) in [5, 5.41) is 0. The molecule has 0 aromatic heterocycles. The first-order valence-corrected chi connectivity index (χ1v) is 10.8. The number of para-hydroxylation sites is 1. The summed E-state index contributed by atoms with van der Waals surface area (Å²) in [5.74, 6) is 0. The number of nitrogens with zero attached hydrogens (tertiary/aromatic N) is 1. The van der Waals surface area contributed by atoms with Gasteiger partial charge in [-0.05, 0) is 37.6 Å². The van der Waals surface area contributed by atoms with Crippen LogP contribution in [0.5, 0.6) is 0 Å². The molecule has 26 heavy (non-hydrogen) atoms. The van der Waals surface area contributed by atoms with E-state index >= 15 is 0 Å². The Balaban J connectivity index is -0.000000210. The van der Waals surface area contributed by atoms with Crippen molar-refractivity contribution in [3.8, 4) is 0 Å². The molecule has 0 unspecified atom stereocenters. The average molecular weight is 362 g/mol. The first-order chi connectivity index (χ1) is 12.9. The molecule has 2 rings (SSSR count). The second-order valence-electron chi connectivity index (χ2n) is 3.74. The van der Waals surface area contributed by atoms with Crippen LogP contribution in [-0.4, -0.2) is 6.54 Å². The van der Waals surface area contributed by atoms with Gasteiger partial charge in [-0.3, -0.25) is 0 Å². The van der Waals surface area contributed by atoms with E-state index in [2.05, 4.69) is 72.5 Å². The van der Waals surface area contributed by atoms with Crippen LogP contribution in [0.3, 0.4) is 0 Å². The van der Waals surface area contributed by atoms with Crippen LogP contribution < -0.4 is 4.90 Å². The van der Waals surface area contributed by atoms with Gasteiger partial charge in [0.15, 0.2) is 0 Å². The Morgan fingerprint density at radius 1 is 0.731 bits per heavy atom. The zero-order valence-corrected chi connectivity index (χ0v) is 19.6. The van der Waals surface area contributed by atoms with Crippen molar-refractivity contribution < 1.29 is 0 Å². The van der Waals surface area contributed by atoms with Gasteiger partial charge < -0.3 is 4.90 Å². The standard InChI is InChI=1S/C15H17N.5C2H6/c1-2-16(15-12-8-5-9-13-15)14-10-6-3-4-7-11-14;5*1-2/h3,5-13H,2,4H2,1H3;5*1-2H3. The Morgan fingerprint density at radius 2 is 1.23 bits per heavy atom. The molecule has 0 bridgehead atoms. The van der Waals surface area contributed by atoms with Crippen LogP contribution >= 0.6 is 0 Å². The minimum atomic E-state index is 0.980. The fourth-order valence-electron chi connectivity index (χ4n) is 1.87. The van der Waals surface area contributed by atoms with Gasteiger partial charge in [-0.25, -0.2) is 0 Å². The topological polar surface area (TPSA) is 3.24 Å². The van der Waals surface area contributed by atoms with E-state index in [-0.39, 0.29) is 0 Å². The van der Waals surface area contributed by atoms with Crippen LogP contribution in [0.1, 0.15) is 82.6 Å². The van der Waals surface area contributed by atoms with E-state index in [9.17, 15) is 0 Å². The van der Waals surface area contributed by atoms with Crippen LogP contribution in [-0.2, 0) is 0 Å². The molecule has 0 aliphatic heterocycles. The lowest BCUT2D eigenvalue weighted by Crippen LogP contribution is -2.20. The molecule has 0 saturated heterocycles. The highest BCUT2D eigenvalue weighted by molar-refractivity contribution is 5.55. The maximum atomic E-state index is 2.31. The zero-order chi connectivity index (χ0) is 21.2. The van der Waals surface area contributed by atoms with E-state index in [1.54, 1.807) is 0 Å². The largest absolute Gasteiger partial charge is 0.342 e. The summed E-state index contributed by atoms with van der Waals surface area (Å²) >= 11 is 0. The van der Waals surface area contributed by atoms with Gasteiger partial charge in [-0.2, -0.15) is 0 Å². The molecule has 1 nitrogen and oxygen atoms in total. The molecular weight excluding hydrogens is 314 g/mol. The summed E-state index contributed by atoms with van der Waals surface area (Å²) in [5.41, 5.74) is 2.50. The predicted molar refractivity (Wildman–Crippen MR) is 127 cm³/mol. The molecule has 0 atom stereocenters. The third kappa shape index (κ3) is 15.7. The highest BCUT2D eigenvalue weighted by Crippen LogP contribution is 2.20. The third-order valence-corrected chi connectivity index (χ3v) is 2.66. The van der Waals surface area contributed by atoms with E-state index in [1.165, 1.54) is 11.4 Å². The molecule has 152 valence electrons. The molecule has 1 aromatic rings. The molecule has 1 aromatic carbocycles. The lowest BCUT2D eigenvalue weighted by molar-refractivity contribution is 0.978. The van der Waals surface area contributed by atoms with Crippen molar-refractivity contribution in [2.75, 3.05) is 11.4 Å². The van der Waals surface area contributed by atoms with Crippen molar-refractivity contribution in [1.29, 1.82) is 0 Å². The highest BCUT2D eigenvalue weighted by Gasteiger charge is 2.06. The van der Waals surface area contributed by atoms with Crippen molar-refractivity contribution >= 4 is 5.69 Å². The van der Waals surface area contributed by atoms with E-state index in [0.29, 0.717) is 0 Å². The summed E-state index contributed by atoms with van der Waals surface area (Å²) in [6, 6.07) is 10.5. The van der Waals surface area contributed by atoms with Gasteiger partial charge in [-0.1, -0.05) is 106 Å². The van der Waals surface area contributed by atoms with Crippen molar-refractivity contribution in [2.24, 2.45) is 0 Å². The predicted octanol–water partition coefficient (Wildman–Crippen LogP) is 9.04. The Hall–Kier alpha value is -1.76. The Labute approximate surface area is 166 Å². The van der Waals surface area contributed by atoms with Gasteiger partial charge in [0.05, 0.1) is 0 Å². The number of hydrogen-bond acceptors (Lipinski definition) is 1. The summed E-state index contributed by atoms with van der Waals surface area (Å²) in [6.45, 7) is 23.2. The molecule has 0 amide bonds. The summed E-state index contributed by atoms with van der Waals surface area (Å²) in [6.07, 6.45) is 11.9. The lowest BCUT2D eigenvalue weighted by Gasteiger charge is -2.24. The van der Waals surface area contributed by atoms with Crippen LogP contribution in [0.15, 0.2) is 66.4 Å². The first kappa shape index (κ1) is 32.0. The van der Waals surface area contributed by atoms with Crippen molar-refractivity contribution in [3.63, 3.8) is 0 Å². The van der Waals surface area contributed by atoms with Gasteiger partial charge in [0.2, 0.25) is 0 Å². The number of rotatable bonds is 3. The molecule has 0 radical (unpaired) electrons. The minimum absolute atomic E-state index is 0.980. The molecule has 0 spiro atoms. The molecule has 1 aliphatic carbocycles. The highest BCUT2D eigenvalue weighted by atomic mass is 15.1. The molecule has 0 heterocycles. The normalized spacial score (nSPS) is 10.0. The number of hydrogen-bond donors (Lipinski definition) is 0. The fourth-order valence-corrected chi connectivity index (χ4v) is 1.87. The lowest BCUT2D eigenvalue weighted by atomic mass is 10.2. The molecule has 1 heteroatoms. The van der Waals surface area contributed by atoms with Crippen LogP contribution in [0, 0.1) is 0 Å². The number of anilines is 1. The van der Waals surface area contributed by atoms with Gasteiger partial charge in [0.25, 0.3) is 0 Å². The van der Waals surface area contributed by atoms with Gasteiger partial charge in [0, 0.05) is 17.9 Å². The molecule has 1 aliphatic rings. The maximum absolute atomic E-state index is 2.31. The SMILES string of the molecule is CC.CC.CC.CC.CC.CCN(C1=CC=CCC=C1)c1ccccc1. The smallest absolute Gasteiger partial charge is 0.0410 e. The summed E-state index contributed by atoms with van der Waals surface area (Å²) in [4.78, 5) is 2.31. The van der Waals surface area contributed by atoms with Crippen LogP contribution in [0.4, 0.5) is 5.69 Å². The average Bonchev–Trinajstić information content (AvgIpc) is 3.06. The molecular formula is C25H47N. The van der Waals surface area contributed by atoms with Crippen LogP contribution in [0.25, 0.3) is 0 Å². The fraction of sp³-hybridized carbons (Fsp3) is 0.520. The van der Waals surface area contributed by atoms with E-state index < -0.39 is 0 Å². The molecule has 0 saturated carbocycles. The zero-order valence-electron chi connectivity index (χ0n) is 19.6. The van der Waals surface area contributed by atoms with Crippen molar-refractivity contribution in [1.82, 2.24) is 0 Å². The van der Waals surface area contributed by atoms with Gasteiger partial charge in [-0.15, -0.1) is 0 Å². The monoisotopic (exact) mass is 361 g/mol. The van der Waals surface area contributed by atoms with E-state index in [0.717, 1.165) is 13.0 Å². The van der Waals surface area contributed by atoms with E-state index in [1.807, 2.05) is 69.2 Å². The third-order valence-electron chi connectivity index (χ3n) is 2.66. The Morgan fingerprint density at radius 3 is 1.69 bits per heavy atom. The maximum Gasteiger partial charge on any atom is 0.0410 e. The number of benzene rings is 1. The van der Waals surface area contributed by atoms with Crippen molar-refractivity contribution in [3.05, 3.63) is 66.4 Å². The summed E-state index contributed by atoms with van der Waals surface area (Å²) in [7, 11) is 0. The second-order valence-corrected chi connectivity index (χ2v) is 3.74. The van der Waals surface area contributed by atoms with Gasteiger partial charge in [0.1, 0.15) is 0 Å². The van der Waals surface area contributed by atoms with Crippen LogP contribution in [0.2, 0.25) is 0 Å². The quantitative estimate of drug-likeness (QED) is 0.519. The number of likely N-dealkylation sites (N-methyl/N-ethyl adjacent to an activating group) is 1. The van der Waals surface area contributed by atoms with Gasteiger partial charge >= 0.3 is 0 Å². The summed E-state index contributed by atoms with van der Waals surface area (Å²) < 4.78 is 0. The second kappa shape index (κ2) is 31.1. The molecule has 0 fully saturated rings. The Kier molecular flexibility index (Phi) is 38.2. The Bertz CT molecular complexity index is 413. The molecule has 0 N–H and O–H groups in total. The number of allylic oxidation sites excluding steroid dienone is 5.